The molecular weight excluding hydrogens is 406 g/mol. The number of ether oxygens (including phenoxy) is 1. The van der Waals surface area contributed by atoms with Gasteiger partial charge in [-0.2, -0.15) is 0 Å². The number of carbonyl (C=O) groups is 2. The zero-order chi connectivity index (χ0) is 21.8. The van der Waals surface area contributed by atoms with E-state index in [-0.39, 0.29) is 17.6 Å². The fourth-order valence-electron chi connectivity index (χ4n) is 4.41. The molecule has 0 aromatic heterocycles. The molecule has 1 aromatic carbocycles. The van der Waals surface area contributed by atoms with Crippen molar-refractivity contribution in [1.29, 1.82) is 0 Å². The Bertz CT molecular complexity index is 851. The maximum absolute atomic E-state index is 13.0. The number of nitrogens with zero attached hydrogens (tertiary/aromatic N) is 2. The largest absolute Gasteiger partial charge is 0.385 e. The summed E-state index contributed by atoms with van der Waals surface area (Å²) in [5, 5.41) is 2.87. The second-order valence-electron chi connectivity index (χ2n) is 8.19. The highest BCUT2D eigenvalue weighted by atomic mass is 32.2. The predicted octanol–water partition coefficient (Wildman–Crippen LogP) is 0.982. The summed E-state index contributed by atoms with van der Waals surface area (Å²) in [6.07, 6.45) is 2.03. The first-order valence-corrected chi connectivity index (χ1v) is 12.0. The van der Waals surface area contributed by atoms with Crippen molar-refractivity contribution in [2.45, 2.75) is 37.5 Å². The number of likely N-dealkylation sites (tertiary alicyclic amines) is 1. The number of hydrogen-bond acceptors (Lipinski definition) is 5. The van der Waals surface area contributed by atoms with E-state index in [4.69, 9.17) is 4.74 Å². The molecule has 1 N–H and O–H groups in total. The van der Waals surface area contributed by atoms with Crippen molar-refractivity contribution >= 4 is 21.8 Å². The Hall–Kier alpha value is -1.97. The van der Waals surface area contributed by atoms with Crippen molar-refractivity contribution in [2.75, 3.05) is 40.4 Å². The summed E-state index contributed by atoms with van der Waals surface area (Å²) in [6, 6.07) is 8.59. The number of piperidine rings is 1. The van der Waals surface area contributed by atoms with Crippen LogP contribution in [0.3, 0.4) is 0 Å². The number of benzene rings is 1. The lowest BCUT2D eigenvalue weighted by molar-refractivity contribution is -0.139. The molecule has 3 rings (SSSR count). The third-order valence-corrected chi connectivity index (χ3v) is 8.07. The van der Waals surface area contributed by atoms with Gasteiger partial charge in [-0.05, 0) is 31.2 Å². The van der Waals surface area contributed by atoms with Gasteiger partial charge in [0.05, 0.1) is 11.2 Å². The van der Waals surface area contributed by atoms with Gasteiger partial charge in [0.15, 0.2) is 0 Å². The summed E-state index contributed by atoms with van der Waals surface area (Å²) < 4.78 is 32.1. The van der Waals surface area contributed by atoms with Gasteiger partial charge >= 0.3 is 0 Å². The molecule has 0 aliphatic carbocycles. The highest BCUT2D eigenvalue weighted by molar-refractivity contribution is 7.88. The fourth-order valence-corrected chi connectivity index (χ4v) is 5.95. The Balaban J connectivity index is 1.60. The van der Waals surface area contributed by atoms with Crippen molar-refractivity contribution < 1.29 is 22.7 Å². The van der Waals surface area contributed by atoms with Crippen LogP contribution in [0.15, 0.2) is 30.3 Å². The highest BCUT2D eigenvalue weighted by Gasteiger charge is 2.54. The van der Waals surface area contributed by atoms with Crippen LogP contribution in [0.2, 0.25) is 0 Å². The quantitative estimate of drug-likeness (QED) is 0.612. The van der Waals surface area contributed by atoms with E-state index < -0.39 is 21.5 Å². The van der Waals surface area contributed by atoms with Crippen LogP contribution < -0.4 is 5.32 Å². The number of likely N-dealkylation sites (N-methyl/N-ethyl adjacent to an activating group) is 1. The molecule has 8 nitrogen and oxygen atoms in total. The Morgan fingerprint density at radius 1 is 1.23 bits per heavy atom. The van der Waals surface area contributed by atoms with Gasteiger partial charge in [-0.1, -0.05) is 30.3 Å². The van der Waals surface area contributed by atoms with E-state index in [1.54, 1.807) is 26.3 Å². The van der Waals surface area contributed by atoms with Crippen LogP contribution in [-0.2, 0) is 30.1 Å². The molecule has 2 saturated heterocycles. The SMILES string of the molecule is COCCCNC(=O)C1CC2(CCN(S(=O)(=O)Cc3ccccc3)CC2)C(=O)N1C. The summed E-state index contributed by atoms with van der Waals surface area (Å²) in [5.41, 5.74) is 0.0990. The molecular formula is C21H31N3O5S. The molecule has 2 aliphatic heterocycles. The average molecular weight is 438 g/mol. The van der Waals surface area contributed by atoms with Crippen LogP contribution in [0.1, 0.15) is 31.2 Å². The standard InChI is InChI=1S/C21H31N3O5S/c1-23-18(19(25)22-11-6-14-29-2)15-21(20(23)26)9-12-24(13-10-21)30(27,28)16-17-7-4-3-5-8-17/h3-5,7-8,18H,6,9-16H2,1-2H3,(H,22,25). The monoisotopic (exact) mass is 437 g/mol. The van der Waals surface area contributed by atoms with E-state index in [1.165, 1.54) is 9.21 Å². The minimum Gasteiger partial charge on any atom is -0.385 e. The smallest absolute Gasteiger partial charge is 0.242 e. The number of rotatable bonds is 8. The van der Waals surface area contributed by atoms with Gasteiger partial charge in [-0.15, -0.1) is 0 Å². The molecule has 0 bridgehead atoms. The van der Waals surface area contributed by atoms with E-state index in [2.05, 4.69) is 5.32 Å². The van der Waals surface area contributed by atoms with Gasteiger partial charge in [0.25, 0.3) is 0 Å². The number of methoxy groups -OCH3 is 1. The van der Waals surface area contributed by atoms with Crippen LogP contribution >= 0.6 is 0 Å². The number of carbonyl (C=O) groups excluding carboxylic acids is 2. The molecule has 30 heavy (non-hydrogen) atoms. The summed E-state index contributed by atoms with van der Waals surface area (Å²) in [5.74, 6) is -0.251. The Morgan fingerprint density at radius 3 is 2.53 bits per heavy atom. The lowest BCUT2D eigenvalue weighted by atomic mass is 9.76. The zero-order valence-corrected chi connectivity index (χ0v) is 18.5. The first-order chi connectivity index (χ1) is 14.3. The maximum Gasteiger partial charge on any atom is 0.242 e. The zero-order valence-electron chi connectivity index (χ0n) is 17.7. The Kier molecular flexibility index (Phi) is 7.15. The normalized spacial score (nSPS) is 21.9. The van der Waals surface area contributed by atoms with Gasteiger partial charge in [-0.3, -0.25) is 9.59 Å². The van der Waals surface area contributed by atoms with Crippen molar-refractivity contribution in [3.05, 3.63) is 35.9 Å². The number of sulfonamides is 1. The number of amides is 2. The van der Waals surface area contributed by atoms with Crippen molar-refractivity contribution in [3.8, 4) is 0 Å². The van der Waals surface area contributed by atoms with Gasteiger partial charge in [0.2, 0.25) is 21.8 Å². The molecule has 1 atom stereocenters. The molecule has 0 radical (unpaired) electrons. The Morgan fingerprint density at radius 2 is 1.90 bits per heavy atom. The third kappa shape index (κ3) is 4.84. The van der Waals surface area contributed by atoms with E-state index >= 15 is 0 Å². The first kappa shape index (κ1) is 22.7. The summed E-state index contributed by atoms with van der Waals surface area (Å²) >= 11 is 0. The highest BCUT2D eigenvalue weighted by Crippen LogP contribution is 2.44. The fraction of sp³-hybridized carbons (Fsp3) is 0.619. The number of nitrogens with one attached hydrogen (secondary N) is 1. The molecule has 2 fully saturated rings. The van der Waals surface area contributed by atoms with E-state index in [0.717, 1.165) is 5.56 Å². The van der Waals surface area contributed by atoms with E-state index in [0.29, 0.717) is 51.9 Å². The predicted molar refractivity (Wildman–Crippen MR) is 113 cm³/mol. The minimum atomic E-state index is -3.44. The second-order valence-corrected chi connectivity index (χ2v) is 10.2. The molecule has 1 unspecified atom stereocenters. The summed E-state index contributed by atoms with van der Waals surface area (Å²) in [6.45, 7) is 1.68. The van der Waals surface area contributed by atoms with E-state index in [1.807, 2.05) is 18.2 Å². The van der Waals surface area contributed by atoms with Crippen LogP contribution in [0.4, 0.5) is 0 Å². The van der Waals surface area contributed by atoms with Crippen LogP contribution in [-0.4, -0.2) is 75.9 Å². The first-order valence-electron chi connectivity index (χ1n) is 10.3. The molecule has 2 heterocycles. The maximum atomic E-state index is 13.0. The van der Waals surface area contributed by atoms with Gasteiger partial charge in [0.1, 0.15) is 6.04 Å². The van der Waals surface area contributed by atoms with Crippen LogP contribution in [0, 0.1) is 5.41 Å². The second kappa shape index (κ2) is 9.45. The average Bonchev–Trinajstić information content (AvgIpc) is 2.97. The lowest BCUT2D eigenvalue weighted by Gasteiger charge is -2.37. The molecule has 1 aromatic rings. The molecule has 2 aliphatic rings. The minimum absolute atomic E-state index is 0.0405. The molecule has 166 valence electrons. The lowest BCUT2D eigenvalue weighted by Crippen LogP contribution is -2.46. The van der Waals surface area contributed by atoms with Crippen LogP contribution in [0.5, 0.6) is 0 Å². The summed E-state index contributed by atoms with van der Waals surface area (Å²) in [4.78, 5) is 27.1. The topological polar surface area (TPSA) is 96.0 Å². The van der Waals surface area contributed by atoms with Crippen molar-refractivity contribution in [1.82, 2.24) is 14.5 Å². The van der Waals surface area contributed by atoms with Gasteiger partial charge in [-0.25, -0.2) is 12.7 Å². The molecule has 2 amide bonds. The van der Waals surface area contributed by atoms with Crippen molar-refractivity contribution in [3.63, 3.8) is 0 Å². The third-order valence-electron chi connectivity index (χ3n) is 6.22. The van der Waals surface area contributed by atoms with E-state index in [9.17, 15) is 18.0 Å². The summed E-state index contributed by atoms with van der Waals surface area (Å²) in [7, 11) is -0.169. The van der Waals surface area contributed by atoms with Crippen molar-refractivity contribution in [2.24, 2.45) is 5.41 Å². The molecule has 9 heteroatoms. The Labute approximate surface area is 178 Å². The number of hydrogen-bond donors (Lipinski definition) is 1. The van der Waals surface area contributed by atoms with Gasteiger partial charge in [0, 0.05) is 40.4 Å². The molecule has 1 spiro atoms. The van der Waals surface area contributed by atoms with Gasteiger partial charge < -0.3 is 15.0 Å². The van der Waals surface area contributed by atoms with Crippen LogP contribution in [0.25, 0.3) is 0 Å². The molecule has 0 saturated carbocycles.